The molecule has 6 rings (SSSR count). The first-order valence-electron chi connectivity index (χ1n) is 13.9. The predicted octanol–water partition coefficient (Wildman–Crippen LogP) is 5.83. The smallest absolute Gasteiger partial charge is 0.264 e. The fourth-order valence-electron chi connectivity index (χ4n) is 5.02. The van der Waals surface area contributed by atoms with Gasteiger partial charge in [0.15, 0.2) is 0 Å². The van der Waals surface area contributed by atoms with Crippen LogP contribution in [-0.4, -0.2) is 51.8 Å². The van der Waals surface area contributed by atoms with Gasteiger partial charge < -0.3 is 19.7 Å². The van der Waals surface area contributed by atoms with Gasteiger partial charge in [-0.15, -0.1) is 0 Å². The van der Waals surface area contributed by atoms with E-state index < -0.39 is 26.6 Å². The van der Waals surface area contributed by atoms with E-state index in [1.54, 1.807) is 12.3 Å². The van der Waals surface area contributed by atoms with Crippen LogP contribution in [0.3, 0.4) is 0 Å². The van der Waals surface area contributed by atoms with Crippen molar-refractivity contribution in [1.82, 2.24) is 9.97 Å². The summed E-state index contributed by atoms with van der Waals surface area (Å²) in [6, 6.07) is 21.7. The zero-order valence-electron chi connectivity index (χ0n) is 23.8. The van der Waals surface area contributed by atoms with Gasteiger partial charge in [-0.05, 0) is 65.7 Å². The van der Waals surface area contributed by atoms with E-state index in [0.29, 0.717) is 18.2 Å². The number of benzene rings is 3. The first-order chi connectivity index (χ1) is 21.3. The minimum absolute atomic E-state index is 0.00387. The van der Waals surface area contributed by atoms with Crippen LogP contribution >= 0.6 is 0 Å². The Morgan fingerprint density at radius 3 is 2.59 bits per heavy atom. The molecule has 44 heavy (non-hydrogen) atoms. The minimum atomic E-state index is -4.40. The van der Waals surface area contributed by atoms with E-state index in [2.05, 4.69) is 44.2 Å². The number of rotatable bonds is 9. The standard InChI is InChI=1S/C32H29F2N5O4S/c1-42-32-29(38-44(40,41)30-9-7-25(33)18-27(30)34)17-24(20-36-32)22-5-8-28-23(16-22)6-10-31(37-28)35-19-21-3-2-4-26(15-21)39-11-13-43-14-12-39/h2-10,15-18,20,38H,11-14,19H2,1H3,(H,35,37). The number of hydrogen-bond donors (Lipinski definition) is 2. The number of nitrogens with zero attached hydrogens (tertiary/aromatic N) is 3. The maximum absolute atomic E-state index is 14.3. The number of pyridine rings is 2. The normalized spacial score (nSPS) is 13.6. The molecule has 0 bridgehead atoms. The van der Waals surface area contributed by atoms with E-state index in [0.717, 1.165) is 66.3 Å². The second-order valence-electron chi connectivity index (χ2n) is 10.2. The van der Waals surface area contributed by atoms with Crippen molar-refractivity contribution in [2.75, 3.05) is 48.4 Å². The number of methoxy groups -OCH3 is 1. The van der Waals surface area contributed by atoms with Crippen LogP contribution in [0, 0.1) is 11.6 Å². The molecule has 5 aromatic rings. The summed E-state index contributed by atoms with van der Waals surface area (Å²) in [6.45, 7) is 3.85. The van der Waals surface area contributed by atoms with E-state index in [9.17, 15) is 17.2 Å². The molecule has 0 amide bonds. The Labute approximate surface area is 253 Å². The number of fused-ring (bicyclic) bond motifs is 1. The van der Waals surface area contributed by atoms with E-state index in [1.165, 1.54) is 12.8 Å². The zero-order valence-corrected chi connectivity index (χ0v) is 24.6. The third kappa shape index (κ3) is 6.41. The molecule has 3 heterocycles. The second kappa shape index (κ2) is 12.4. The summed E-state index contributed by atoms with van der Waals surface area (Å²) in [4.78, 5) is 10.6. The molecule has 2 aromatic heterocycles. The van der Waals surface area contributed by atoms with Crippen LogP contribution in [0.2, 0.25) is 0 Å². The molecule has 0 spiro atoms. The number of sulfonamides is 1. The highest BCUT2D eigenvalue weighted by molar-refractivity contribution is 7.92. The monoisotopic (exact) mass is 617 g/mol. The van der Waals surface area contributed by atoms with Crippen LogP contribution in [0.4, 0.5) is 26.0 Å². The SMILES string of the molecule is COc1ncc(-c2ccc3nc(NCc4cccc(N5CCOCC5)c4)ccc3c2)cc1NS(=O)(=O)c1ccc(F)cc1F. The number of aromatic nitrogens is 2. The summed E-state index contributed by atoms with van der Waals surface area (Å²) in [6.07, 6.45) is 1.55. The molecule has 3 aromatic carbocycles. The van der Waals surface area contributed by atoms with Gasteiger partial charge in [-0.2, -0.15) is 0 Å². The van der Waals surface area contributed by atoms with Crippen molar-refractivity contribution in [2.45, 2.75) is 11.4 Å². The van der Waals surface area contributed by atoms with Gasteiger partial charge >= 0.3 is 0 Å². The molecule has 0 atom stereocenters. The lowest BCUT2D eigenvalue weighted by atomic mass is 10.0. The highest BCUT2D eigenvalue weighted by atomic mass is 32.2. The molecule has 1 saturated heterocycles. The van der Waals surface area contributed by atoms with E-state index in [4.69, 9.17) is 14.5 Å². The Hall–Kier alpha value is -4.81. The van der Waals surface area contributed by atoms with Gasteiger partial charge in [0, 0.05) is 48.5 Å². The van der Waals surface area contributed by atoms with Crippen LogP contribution in [0.25, 0.3) is 22.0 Å². The van der Waals surface area contributed by atoms with Crippen molar-refractivity contribution in [3.05, 3.63) is 102 Å². The third-order valence-corrected chi connectivity index (χ3v) is 8.65. The lowest BCUT2D eigenvalue weighted by Crippen LogP contribution is -2.36. The lowest BCUT2D eigenvalue weighted by Gasteiger charge is -2.29. The van der Waals surface area contributed by atoms with Gasteiger partial charge in [0.1, 0.15) is 28.0 Å². The molecule has 0 unspecified atom stereocenters. The van der Waals surface area contributed by atoms with Crippen molar-refractivity contribution in [2.24, 2.45) is 0 Å². The van der Waals surface area contributed by atoms with E-state index in [1.807, 2.05) is 30.3 Å². The Morgan fingerprint density at radius 2 is 1.80 bits per heavy atom. The molecule has 0 radical (unpaired) electrons. The molecule has 12 heteroatoms. The highest BCUT2D eigenvalue weighted by Crippen LogP contribution is 2.32. The molecule has 1 fully saturated rings. The zero-order chi connectivity index (χ0) is 30.7. The third-order valence-electron chi connectivity index (χ3n) is 7.26. The van der Waals surface area contributed by atoms with Gasteiger partial charge in [-0.25, -0.2) is 27.2 Å². The summed E-state index contributed by atoms with van der Waals surface area (Å²) in [5.41, 5.74) is 4.44. The summed E-state index contributed by atoms with van der Waals surface area (Å²) < 4.78 is 66.4. The quantitative estimate of drug-likeness (QED) is 0.213. The number of ether oxygens (including phenoxy) is 2. The summed E-state index contributed by atoms with van der Waals surface area (Å²) in [5, 5.41) is 4.27. The Morgan fingerprint density at radius 1 is 0.955 bits per heavy atom. The first kappa shape index (κ1) is 29.3. The number of anilines is 3. The van der Waals surface area contributed by atoms with Gasteiger partial charge in [0.2, 0.25) is 5.88 Å². The molecule has 226 valence electrons. The fraction of sp³-hybridized carbons (Fsp3) is 0.188. The Balaban J connectivity index is 1.20. The summed E-state index contributed by atoms with van der Waals surface area (Å²) in [7, 11) is -3.06. The maximum atomic E-state index is 14.3. The van der Waals surface area contributed by atoms with Gasteiger partial charge in [0.05, 0.1) is 25.8 Å². The molecule has 9 nitrogen and oxygen atoms in total. The average Bonchev–Trinajstić information content (AvgIpc) is 3.03. The summed E-state index contributed by atoms with van der Waals surface area (Å²) in [5.74, 6) is -1.37. The van der Waals surface area contributed by atoms with Crippen LogP contribution in [0.15, 0.2) is 90.0 Å². The molecule has 1 aliphatic heterocycles. The average molecular weight is 618 g/mol. The first-order valence-corrected chi connectivity index (χ1v) is 15.4. The number of morpholine rings is 1. The van der Waals surface area contributed by atoms with Gasteiger partial charge in [0.25, 0.3) is 10.0 Å². The van der Waals surface area contributed by atoms with Crippen LogP contribution in [-0.2, 0) is 21.3 Å². The molecule has 0 aliphatic carbocycles. The molecule has 0 saturated carbocycles. The van der Waals surface area contributed by atoms with Crippen molar-refractivity contribution >= 4 is 38.1 Å². The predicted molar refractivity (Wildman–Crippen MR) is 165 cm³/mol. The van der Waals surface area contributed by atoms with Crippen molar-refractivity contribution in [3.8, 4) is 17.0 Å². The van der Waals surface area contributed by atoms with Gasteiger partial charge in [-0.1, -0.05) is 18.2 Å². The van der Waals surface area contributed by atoms with Crippen molar-refractivity contribution < 1.29 is 26.7 Å². The van der Waals surface area contributed by atoms with Crippen LogP contribution < -0.4 is 19.7 Å². The van der Waals surface area contributed by atoms with E-state index >= 15 is 0 Å². The van der Waals surface area contributed by atoms with E-state index in [-0.39, 0.29) is 11.6 Å². The largest absolute Gasteiger partial charge is 0.480 e. The molecule has 2 N–H and O–H groups in total. The fourth-order valence-corrected chi connectivity index (χ4v) is 6.13. The minimum Gasteiger partial charge on any atom is -0.480 e. The topological polar surface area (TPSA) is 106 Å². The maximum Gasteiger partial charge on any atom is 0.264 e. The number of halogens is 2. The highest BCUT2D eigenvalue weighted by Gasteiger charge is 2.22. The van der Waals surface area contributed by atoms with Crippen LogP contribution in [0.5, 0.6) is 5.88 Å². The second-order valence-corrected chi connectivity index (χ2v) is 11.8. The van der Waals surface area contributed by atoms with Crippen molar-refractivity contribution in [1.29, 1.82) is 0 Å². The van der Waals surface area contributed by atoms with Crippen molar-refractivity contribution in [3.63, 3.8) is 0 Å². The number of hydrogen-bond acceptors (Lipinski definition) is 8. The Kier molecular flexibility index (Phi) is 8.27. The lowest BCUT2D eigenvalue weighted by molar-refractivity contribution is 0.122. The Bertz CT molecular complexity index is 1930. The van der Waals surface area contributed by atoms with Gasteiger partial charge in [-0.3, -0.25) is 4.72 Å². The van der Waals surface area contributed by atoms with Crippen LogP contribution in [0.1, 0.15) is 5.56 Å². The number of nitrogens with one attached hydrogen (secondary N) is 2. The summed E-state index contributed by atoms with van der Waals surface area (Å²) >= 11 is 0. The molecular formula is C32H29F2N5O4S. The molecule has 1 aliphatic rings. The molecular weight excluding hydrogens is 588 g/mol.